The number of amides is 1. The zero-order valence-electron chi connectivity index (χ0n) is 17.3. The summed E-state index contributed by atoms with van der Waals surface area (Å²) >= 11 is 1.62. The number of aromatic nitrogens is 1. The average Bonchev–Trinajstić information content (AvgIpc) is 3.05. The molecule has 0 aliphatic heterocycles. The molecule has 5 nitrogen and oxygen atoms in total. The van der Waals surface area contributed by atoms with Gasteiger partial charge in [-0.2, -0.15) is 0 Å². The minimum atomic E-state index is -0.0156. The van der Waals surface area contributed by atoms with E-state index >= 15 is 0 Å². The first kappa shape index (κ1) is 21.0. The number of nitrogens with zero attached hydrogens (tertiary/aromatic N) is 2. The zero-order valence-corrected chi connectivity index (χ0v) is 18.1. The van der Waals surface area contributed by atoms with E-state index in [9.17, 15) is 4.79 Å². The van der Waals surface area contributed by atoms with Crippen LogP contribution in [-0.2, 0) is 12.3 Å². The molecule has 0 saturated carbocycles. The highest BCUT2D eigenvalue weighted by molar-refractivity contribution is 7.98. The van der Waals surface area contributed by atoms with Crippen LogP contribution in [-0.4, -0.2) is 29.6 Å². The van der Waals surface area contributed by atoms with E-state index in [1.807, 2.05) is 76.3 Å². The van der Waals surface area contributed by atoms with E-state index in [4.69, 9.17) is 9.26 Å². The molecule has 6 heteroatoms. The molecule has 152 valence electrons. The van der Waals surface area contributed by atoms with Crippen LogP contribution in [0.15, 0.2) is 57.9 Å². The second-order valence-corrected chi connectivity index (χ2v) is 7.81. The molecule has 0 aliphatic rings. The summed E-state index contributed by atoms with van der Waals surface area (Å²) in [6, 6.07) is 15.5. The second kappa shape index (κ2) is 9.65. The predicted octanol–water partition coefficient (Wildman–Crippen LogP) is 5.25. The maximum atomic E-state index is 13.2. The molecule has 0 aliphatic carbocycles. The lowest BCUT2D eigenvalue weighted by Gasteiger charge is -2.20. The molecular formula is C23H26N2O3S. The number of carbonyl (C=O) groups is 1. The number of thioether (sulfide) groups is 1. The first-order valence-corrected chi connectivity index (χ1v) is 10.6. The molecule has 0 fully saturated rings. The molecule has 3 aromatic rings. The quantitative estimate of drug-likeness (QED) is 0.475. The maximum Gasteiger partial charge on any atom is 0.255 e. The third-order valence-corrected chi connectivity index (χ3v) is 5.80. The maximum absolute atomic E-state index is 13.2. The highest BCUT2D eigenvalue weighted by Gasteiger charge is 2.18. The Bertz CT molecular complexity index is 964. The Kier molecular flexibility index (Phi) is 6.99. The first-order chi connectivity index (χ1) is 14.0. The van der Waals surface area contributed by atoms with Crippen molar-refractivity contribution in [2.75, 3.05) is 13.7 Å². The van der Waals surface area contributed by atoms with E-state index in [0.29, 0.717) is 24.5 Å². The van der Waals surface area contributed by atoms with Crippen molar-refractivity contribution >= 4 is 17.7 Å². The van der Waals surface area contributed by atoms with Gasteiger partial charge in [-0.05, 0) is 39.0 Å². The molecule has 0 unspecified atom stereocenters. The summed E-state index contributed by atoms with van der Waals surface area (Å²) in [6.45, 7) is 6.88. The van der Waals surface area contributed by atoms with Gasteiger partial charge in [0.1, 0.15) is 11.5 Å². The first-order valence-electron chi connectivity index (χ1n) is 9.61. The molecule has 0 saturated heterocycles. The van der Waals surface area contributed by atoms with Gasteiger partial charge < -0.3 is 14.2 Å². The third-order valence-electron chi connectivity index (χ3n) is 4.70. The Morgan fingerprint density at radius 3 is 2.59 bits per heavy atom. The van der Waals surface area contributed by atoms with Crippen LogP contribution in [0.25, 0.3) is 0 Å². The fourth-order valence-electron chi connectivity index (χ4n) is 3.09. The van der Waals surface area contributed by atoms with Gasteiger partial charge >= 0.3 is 0 Å². The van der Waals surface area contributed by atoms with Crippen LogP contribution in [0.2, 0.25) is 0 Å². The van der Waals surface area contributed by atoms with Crippen LogP contribution in [0, 0.1) is 13.8 Å². The molecule has 1 amide bonds. The lowest BCUT2D eigenvalue weighted by Crippen LogP contribution is -2.27. The lowest BCUT2D eigenvalue weighted by atomic mass is 10.1. The standard InChI is InChI=1S/C23H26N2O3S/c1-5-27-21-12-8-6-10-18(21)14-25(4)23(26)19-11-7-9-13-22(19)29-15-20-16(2)24-28-17(20)3/h6-13H,5,14-15H2,1-4H3. The molecule has 0 radical (unpaired) electrons. The van der Waals surface area contributed by atoms with Gasteiger partial charge in [-0.3, -0.25) is 4.79 Å². The number of para-hydroxylation sites is 1. The van der Waals surface area contributed by atoms with Gasteiger partial charge in [0.15, 0.2) is 0 Å². The van der Waals surface area contributed by atoms with Gasteiger partial charge in [-0.25, -0.2) is 0 Å². The van der Waals surface area contributed by atoms with Gasteiger partial charge in [0, 0.05) is 35.4 Å². The summed E-state index contributed by atoms with van der Waals surface area (Å²) in [4.78, 5) is 15.9. The minimum absolute atomic E-state index is 0.0156. The highest BCUT2D eigenvalue weighted by Crippen LogP contribution is 2.30. The molecule has 3 rings (SSSR count). The van der Waals surface area contributed by atoms with Gasteiger partial charge in [-0.15, -0.1) is 11.8 Å². The van der Waals surface area contributed by atoms with Crippen LogP contribution >= 0.6 is 11.8 Å². The summed E-state index contributed by atoms with van der Waals surface area (Å²) in [5.41, 5.74) is 3.66. The van der Waals surface area contributed by atoms with Crippen LogP contribution < -0.4 is 4.74 Å². The Morgan fingerprint density at radius 1 is 1.14 bits per heavy atom. The number of hydrogen-bond acceptors (Lipinski definition) is 5. The summed E-state index contributed by atoms with van der Waals surface area (Å²) in [5, 5.41) is 4.01. The highest BCUT2D eigenvalue weighted by atomic mass is 32.2. The Balaban J connectivity index is 1.76. The number of ether oxygens (including phenoxy) is 1. The number of benzene rings is 2. The Morgan fingerprint density at radius 2 is 1.86 bits per heavy atom. The van der Waals surface area contributed by atoms with Crippen molar-refractivity contribution in [3.63, 3.8) is 0 Å². The molecule has 1 heterocycles. The molecule has 1 aromatic heterocycles. The summed E-state index contributed by atoms with van der Waals surface area (Å²) in [6.07, 6.45) is 0. The number of carbonyl (C=O) groups excluding carboxylic acids is 1. The zero-order chi connectivity index (χ0) is 20.8. The minimum Gasteiger partial charge on any atom is -0.494 e. The summed E-state index contributed by atoms with van der Waals surface area (Å²) in [7, 11) is 1.82. The van der Waals surface area contributed by atoms with Crippen LogP contribution in [0.5, 0.6) is 5.75 Å². The molecule has 29 heavy (non-hydrogen) atoms. The van der Waals surface area contributed by atoms with Gasteiger partial charge in [0.2, 0.25) is 0 Å². The average molecular weight is 411 g/mol. The molecular weight excluding hydrogens is 384 g/mol. The van der Waals surface area contributed by atoms with Gasteiger partial charge in [0.25, 0.3) is 5.91 Å². The van der Waals surface area contributed by atoms with E-state index in [0.717, 1.165) is 33.2 Å². The van der Waals surface area contributed by atoms with Crippen molar-refractivity contribution in [1.29, 1.82) is 0 Å². The lowest BCUT2D eigenvalue weighted by molar-refractivity contribution is 0.0780. The third kappa shape index (κ3) is 5.01. The number of hydrogen-bond donors (Lipinski definition) is 0. The molecule has 0 atom stereocenters. The molecule has 0 spiro atoms. The Hall–Kier alpha value is -2.73. The van der Waals surface area contributed by atoms with E-state index in [1.165, 1.54) is 0 Å². The fraction of sp³-hybridized carbons (Fsp3) is 0.304. The predicted molar refractivity (Wildman–Crippen MR) is 115 cm³/mol. The van der Waals surface area contributed by atoms with Crippen molar-refractivity contribution < 1.29 is 14.1 Å². The van der Waals surface area contributed by atoms with E-state index in [-0.39, 0.29) is 5.91 Å². The Labute approximate surface area is 176 Å². The largest absolute Gasteiger partial charge is 0.494 e. The normalized spacial score (nSPS) is 10.8. The topological polar surface area (TPSA) is 55.6 Å². The van der Waals surface area contributed by atoms with Crippen molar-refractivity contribution in [1.82, 2.24) is 10.1 Å². The van der Waals surface area contributed by atoms with Crippen molar-refractivity contribution in [3.8, 4) is 5.75 Å². The monoisotopic (exact) mass is 410 g/mol. The van der Waals surface area contributed by atoms with Crippen LogP contribution in [0.3, 0.4) is 0 Å². The van der Waals surface area contributed by atoms with Crippen LogP contribution in [0.1, 0.15) is 39.9 Å². The van der Waals surface area contributed by atoms with E-state index in [1.54, 1.807) is 16.7 Å². The number of aryl methyl sites for hydroxylation is 2. The van der Waals surface area contributed by atoms with E-state index < -0.39 is 0 Å². The van der Waals surface area contributed by atoms with Gasteiger partial charge in [-0.1, -0.05) is 35.5 Å². The van der Waals surface area contributed by atoms with Crippen LogP contribution in [0.4, 0.5) is 0 Å². The second-order valence-electron chi connectivity index (χ2n) is 6.79. The number of rotatable bonds is 8. The molecule has 0 bridgehead atoms. The molecule has 0 N–H and O–H groups in total. The summed E-state index contributed by atoms with van der Waals surface area (Å²) in [5.74, 6) is 2.33. The summed E-state index contributed by atoms with van der Waals surface area (Å²) < 4.78 is 10.9. The van der Waals surface area contributed by atoms with E-state index in [2.05, 4.69) is 5.16 Å². The van der Waals surface area contributed by atoms with Gasteiger partial charge in [0.05, 0.1) is 17.9 Å². The fourth-order valence-corrected chi connectivity index (χ4v) is 4.29. The van der Waals surface area contributed by atoms with Crippen molar-refractivity contribution in [3.05, 3.63) is 76.7 Å². The van der Waals surface area contributed by atoms with Crippen molar-refractivity contribution in [2.45, 2.75) is 38.0 Å². The molecule has 2 aromatic carbocycles. The smallest absolute Gasteiger partial charge is 0.255 e. The van der Waals surface area contributed by atoms with Crippen molar-refractivity contribution in [2.24, 2.45) is 0 Å². The SMILES string of the molecule is CCOc1ccccc1CN(C)C(=O)c1ccccc1SCc1c(C)noc1C.